The first-order chi connectivity index (χ1) is 13.6. The maximum absolute atomic E-state index is 12.3. The molecular weight excluding hydrogens is 402 g/mol. The van der Waals surface area contributed by atoms with Gasteiger partial charge in [0.05, 0.1) is 11.2 Å². The van der Waals surface area contributed by atoms with Crippen molar-refractivity contribution < 1.29 is 32.0 Å². The standard InChI is InChI=1S/C18H21N3O7S/c1-11(2)16(21-17(23)14-4-3-9-27-14)18(24)28-10-15(22)20-12-5-7-13(8-6-12)29(19,25)26/h3-9,11,16H,10H2,1-2H3,(H,20,22)(H,21,23)(H2,19,25,26). The Bertz CT molecular complexity index is 967. The van der Waals surface area contributed by atoms with Crippen LogP contribution in [0.3, 0.4) is 0 Å². The van der Waals surface area contributed by atoms with Crippen molar-refractivity contribution in [2.75, 3.05) is 11.9 Å². The van der Waals surface area contributed by atoms with Crippen molar-refractivity contribution in [2.24, 2.45) is 11.1 Å². The summed E-state index contributed by atoms with van der Waals surface area (Å²) in [7, 11) is -3.84. The zero-order chi connectivity index (χ0) is 21.6. The van der Waals surface area contributed by atoms with E-state index in [1.54, 1.807) is 13.8 Å². The van der Waals surface area contributed by atoms with Gasteiger partial charge in [-0.2, -0.15) is 0 Å². The second kappa shape index (κ2) is 9.34. The molecule has 0 aliphatic heterocycles. The molecule has 156 valence electrons. The number of hydrogen-bond donors (Lipinski definition) is 3. The molecule has 0 saturated carbocycles. The first-order valence-electron chi connectivity index (χ1n) is 8.51. The summed E-state index contributed by atoms with van der Waals surface area (Å²) in [5.74, 6) is -2.24. The van der Waals surface area contributed by atoms with E-state index < -0.39 is 40.5 Å². The lowest BCUT2D eigenvalue weighted by Gasteiger charge is -2.20. The summed E-state index contributed by atoms with van der Waals surface area (Å²) >= 11 is 0. The van der Waals surface area contributed by atoms with Crippen molar-refractivity contribution >= 4 is 33.5 Å². The van der Waals surface area contributed by atoms with Gasteiger partial charge in [0.1, 0.15) is 6.04 Å². The number of furan rings is 1. The summed E-state index contributed by atoms with van der Waals surface area (Å²) in [5.41, 5.74) is 0.296. The number of benzene rings is 1. The predicted molar refractivity (Wildman–Crippen MR) is 102 cm³/mol. The largest absolute Gasteiger partial charge is 0.459 e. The minimum atomic E-state index is -3.84. The topological polar surface area (TPSA) is 158 Å². The molecule has 0 radical (unpaired) electrons. The van der Waals surface area contributed by atoms with Gasteiger partial charge in [-0.25, -0.2) is 18.4 Å². The number of ether oxygens (including phenoxy) is 1. The van der Waals surface area contributed by atoms with Gasteiger partial charge in [0.25, 0.3) is 11.8 Å². The van der Waals surface area contributed by atoms with Crippen LogP contribution < -0.4 is 15.8 Å². The first-order valence-corrected chi connectivity index (χ1v) is 10.1. The van der Waals surface area contributed by atoms with E-state index in [1.165, 1.54) is 42.7 Å². The van der Waals surface area contributed by atoms with Gasteiger partial charge in [-0.3, -0.25) is 9.59 Å². The number of primary sulfonamides is 1. The summed E-state index contributed by atoms with van der Waals surface area (Å²) < 4.78 is 32.4. The van der Waals surface area contributed by atoms with Gasteiger partial charge in [0.2, 0.25) is 10.0 Å². The smallest absolute Gasteiger partial charge is 0.329 e. The molecule has 2 rings (SSSR count). The summed E-state index contributed by atoms with van der Waals surface area (Å²) in [6.45, 7) is 2.83. The van der Waals surface area contributed by atoms with E-state index in [0.717, 1.165) is 0 Å². The number of hydrogen-bond acceptors (Lipinski definition) is 7. The number of esters is 1. The zero-order valence-corrected chi connectivity index (χ0v) is 16.6. The van der Waals surface area contributed by atoms with Crippen molar-refractivity contribution in [3.05, 3.63) is 48.4 Å². The van der Waals surface area contributed by atoms with Crippen molar-refractivity contribution in [1.29, 1.82) is 0 Å². The second-order valence-corrected chi connectivity index (χ2v) is 7.96. The van der Waals surface area contributed by atoms with Crippen molar-refractivity contribution in [3.63, 3.8) is 0 Å². The maximum Gasteiger partial charge on any atom is 0.329 e. The fraction of sp³-hybridized carbons (Fsp3) is 0.278. The van der Waals surface area contributed by atoms with Gasteiger partial charge in [-0.1, -0.05) is 13.8 Å². The molecule has 0 saturated heterocycles. The third-order valence-corrected chi connectivity index (χ3v) is 4.69. The Morgan fingerprint density at radius 3 is 2.31 bits per heavy atom. The Labute approximate surface area is 167 Å². The van der Waals surface area contributed by atoms with Crippen LogP contribution in [-0.2, 0) is 24.3 Å². The van der Waals surface area contributed by atoms with E-state index in [-0.39, 0.29) is 16.6 Å². The highest BCUT2D eigenvalue weighted by atomic mass is 32.2. The monoisotopic (exact) mass is 423 g/mol. The zero-order valence-electron chi connectivity index (χ0n) is 15.7. The number of rotatable bonds is 8. The molecular formula is C18H21N3O7S. The number of amides is 2. The van der Waals surface area contributed by atoms with Crippen LogP contribution in [0.25, 0.3) is 0 Å². The number of nitrogens with one attached hydrogen (secondary N) is 2. The average Bonchev–Trinajstić information content (AvgIpc) is 3.18. The van der Waals surface area contributed by atoms with Gasteiger partial charge in [-0.05, 0) is 42.3 Å². The SMILES string of the molecule is CC(C)C(NC(=O)c1ccco1)C(=O)OCC(=O)Nc1ccc(S(N)(=O)=O)cc1. The molecule has 0 aliphatic rings. The van der Waals surface area contributed by atoms with Crippen molar-refractivity contribution in [3.8, 4) is 0 Å². The van der Waals surface area contributed by atoms with Crippen LogP contribution in [0.2, 0.25) is 0 Å². The number of sulfonamides is 1. The molecule has 2 amide bonds. The van der Waals surface area contributed by atoms with Gasteiger partial charge in [0, 0.05) is 5.69 Å². The summed E-state index contributed by atoms with van der Waals surface area (Å²) in [6, 6.07) is 7.17. The lowest BCUT2D eigenvalue weighted by atomic mass is 10.0. The average molecular weight is 423 g/mol. The highest BCUT2D eigenvalue weighted by molar-refractivity contribution is 7.89. The number of anilines is 1. The van der Waals surface area contributed by atoms with Gasteiger partial charge >= 0.3 is 5.97 Å². The quantitative estimate of drug-likeness (QED) is 0.531. The molecule has 1 atom stereocenters. The molecule has 1 heterocycles. The third kappa shape index (κ3) is 6.43. The van der Waals surface area contributed by atoms with Gasteiger partial charge < -0.3 is 19.8 Å². The normalized spacial score (nSPS) is 12.3. The van der Waals surface area contributed by atoms with Crippen LogP contribution in [0.15, 0.2) is 52.0 Å². The molecule has 29 heavy (non-hydrogen) atoms. The molecule has 1 unspecified atom stereocenters. The first kappa shape index (κ1) is 22.1. The second-order valence-electron chi connectivity index (χ2n) is 6.40. The third-order valence-electron chi connectivity index (χ3n) is 3.76. The van der Waals surface area contributed by atoms with E-state index in [2.05, 4.69) is 10.6 Å². The van der Waals surface area contributed by atoms with Crippen LogP contribution in [0.5, 0.6) is 0 Å². The fourth-order valence-corrected chi connectivity index (χ4v) is 2.78. The molecule has 2 aromatic rings. The molecule has 11 heteroatoms. The minimum absolute atomic E-state index is 0.0455. The Balaban J connectivity index is 1.90. The van der Waals surface area contributed by atoms with Crippen molar-refractivity contribution in [1.82, 2.24) is 5.32 Å². The Kier molecular flexibility index (Phi) is 7.13. The Morgan fingerprint density at radius 2 is 1.79 bits per heavy atom. The summed E-state index contributed by atoms with van der Waals surface area (Å²) in [4.78, 5) is 36.2. The van der Waals surface area contributed by atoms with E-state index in [1.807, 2.05) is 0 Å². The molecule has 4 N–H and O–H groups in total. The van der Waals surface area contributed by atoms with Gasteiger partial charge in [0.15, 0.2) is 12.4 Å². The molecule has 0 bridgehead atoms. The summed E-state index contributed by atoms with van der Waals surface area (Å²) in [6.07, 6.45) is 1.33. The molecule has 1 aromatic carbocycles. The maximum atomic E-state index is 12.3. The lowest BCUT2D eigenvalue weighted by Crippen LogP contribution is -2.45. The van der Waals surface area contributed by atoms with Crippen LogP contribution in [0.4, 0.5) is 5.69 Å². The fourth-order valence-electron chi connectivity index (χ4n) is 2.27. The highest BCUT2D eigenvalue weighted by Crippen LogP contribution is 2.13. The minimum Gasteiger partial charge on any atom is -0.459 e. The Morgan fingerprint density at radius 1 is 1.14 bits per heavy atom. The van der Waals surface area contributed by atoms with Crippen LogP contribution in [0.1, 0.15) is 24.4 Å². The van der Waals surface area contributed by atoms with Gasteiger partial charge in [-0.15, -0.1) is 0 Å². The van der Waals surface area contributed by atoms with Crippen LogP contribution in [0, 0.1) is 5.92 Å². The lowest BCUT2D eigenvalue weighted by molar-refractivity contribution is -0.150. The molecule has 0 aliphatic carbocycles. The Hall–Kier alpha value is -3.18. The van der Waals surface area contributed by atoms with Crippen molar-refractivity contribution in [2.45, 2.75) is 24.8 Å². The number of carbonyl (C=O) groups is 3. The molecule has 0 spiro atoms. The molecule has 1 aromatic heterocycles. The van der Waals surface area contributed by atoms with E-state index >= 15 is 0 Å². The number of carbonyl (C=O) groups excluding carboxylic acids is 3. The van der Waals surface area contributed by atoms with Crippen LogP contribution in [-0.4, -0.2) is 38.9 Å². The summed E-state index contributed by atoms with van der Waals surface area (Å²) in [5, 5.41) is 9.96. The molecule has 0 fully saturated rings. The highest BCUT2D eigenvalue weighted by Gasteiger charge is 2.27. The number of nitrogens with two attached hydrogens (primary N) is 1. The van der Waals surface area contributed by atoms with E-state index in [0.29, 0.717) is 5.69 Å². The van der Waals surface area contributed by atoms with E-state index in [9.17, 15) is 22.8 Å². The molecule has 10 nitrogen and oxygen atoms in total. The van der Waals surface area contributed by atoms with E-state index in [4.69, 9.17) is 14.3 Å². The predicted octanol–water partition coefficient (Wildman–Crippen LogP) is 0.863. The van der Waals surface area contributed by atoms with Crippen LogP contribution >= 0.6 is 0 Å².